The first-order valence-corrected chi connectivity index (χ1v) is 21.0. The third-order valence-corrected chi connectivity index (χ3v) is 11.5. The molecule has 0 fully saturated rings. The van der Waals surface area contributed by atoms with E-state index in [4.69, 9.17) is 11.6 Å². The number of rotatable bonds is 12. The molecule has 1 heterocycles. The van der Waals surface area contributed by atoms with Crippen molar-refractivity contribution in [2.24, 2.45) is 10.2 Å². The van der Waals surface area contributed by atoms with Gasteiger partial charge in [-0.05, 0) is 84.9 Å². The first-order valence-electron chi connectivity index (χ1n) is 14.8. The first-order chi connectivity index (χ1) is 25.0. The van der Waals surface area contributed by atoms with Crippen molar-refractivity contribution in [3.63, 3.8) is 0 Å². The highest BCUT2D eigenvalue weighted by Crippen LogP contribution is 2.46. The van der Waals surface area contributed by atoms with Crippen LogP contribution in [0, 0.1) is 6.92 Å². The summed E-state index contributed by atoms with van der Waals surface area (Å²) in [6.07, 6.45) is 0. The number of hydrogen-bond donors (Lipinski definition) is 5. The molecule has 0 saturated heterocycles. The van der Waals surface area contributed by atoms with Gasteiger partial charge in [0.15, 0.2) is 15.6 Å². The Balaban J connectivity index is 1.74. The number of halogens is 1. The normalized spacial score (nSPS) is 12.6. The van der Waals surface area contributed by atoms with Gasteiger partial charge in [0.2, 0.25) is 17.2 Å². The summed E-state index contributed by atoms with van der Waals surface area (Å²) in [6.45, 7) is 6.68. The summed E-state index contributed by atoms with van der Waals surface area (Å²) in [5.41, 5.74) is -1.14. The van der Waals surface area contributed by atoms with E-state index in [0.29, 0.717) is 17.3 Å². The number of phenols is 1. The predicted molar refractivity (Wildman–Crippen MR) is 195 cm³/mol. The highest BCUT2D eigenvalue weighted by Gasteiger charge is 2.27. The van der Waals surface area contributed by atoms with E-state index in [0.717, 1.165) is 23.6 Å². The molecule has 0 atom stereocenters. The molecule has 0 amide bonds. The SMILES string of the molecule is C=CS(=O)(=O)c1cccc(N(CC)c2nc(Cl)nc(Nc3cc(S(=O)(=O)O)cc4cc(S(=O)(=O)O)c(N=Nc5cc(C)ccc5S(=O)(=O)O)c(O)c34)n2)c1. The Bertz CT molecular complexity index is 2860. The van der Waals surface area contributed by atoms with E-state index in [1.807, 2.05) is 0 Å². The number of hydrogen-bond acceptors (Lipinski definition) is 16. The second kappa shape index (κ2) is 14.6. The molecule has 0 radical (unpaired) electrons. The molecule has 0 aliphatic heterocycles. The average molecular weight is 840 g/mol. The van der Waals surface area contributed by atoms with Gasteiger partial charge < -0.3 is 15.3 Å². The fourth-order valence-corrected chi connectivity index (χ4v) is 7.73. The number of phenolic OH excluding ortho intramolecular Hbond substituents is 1. The van der Waals surface area contributed by atoms with Crippen molar-refractivity contribution in [3.8, 4) is 5.75 Å². The van der Waals surface area contributed by atoms with E-state index in [1.54, 1.807) is 13.0 Å². The fourth-order valence-electron chi connectivity index (χ4n) is 5.03. The van der Waals surface area contributed by atoms with E-state index in [2.05, 4.69) is 37.1 Å². The van der Waals surface area contributed by atoms with Crippen molar-refractivity contribution in [2.45, 2.75) is 33.4 Å². The van der Waals surface area contributed by atoms with Crippen LogP contribution in [0.4, 0.5) is 34.6 Å². The largest absolute Gasteiger partial charge is 0.505 e. The highest BCUT2D eigenvalue weighted by atomic mass is 35.5. The van der Waals surface area contributed by atoms with Crippen LogP contribution in [0.15, 0.2) is 102 Å². The third kappa shape index (κ3) is 8.47. The van der Waals surface area contributed by atoms with Crippen molar-refractivity contribution < 1.29 is 52.4 Å². The highest BCUT2D eigenvalue weighted by molar-refractivity contribution is 7.94. The second-order valence-electron chi connectivity index (χ2n) is 11.0. The number of nitrogens with zero attached hydrogens (tertiary/aromatic N) is 6. The molecule has 0 bridgehead atoms. The molecule has 5 N–H and O–H groups in total. The Hall–Kier alpha value is -5.14. The lowest BCUT2D eigenvalue weighted by Gasteiger charge is -2.22. The second-order valence-corrected chi connectivity index (χ2v) is 17.5. The smallest absolute Gasteiger partial charge is 0.296 e. The number of aromatic hydroxyl groups is 1. The van der Waals surface area contributed by atoms with Gasteiger partial charge in [0, 0.05) is 23.0 Å². The Morgan fingerprint density at radius 3 is 2.13 bits per heavy atom. The molecular formula is C30H26ClN7O12S4. The summed E-state index contributed by atoms with van der Waals surface area (Å²) in [5, 5.41) is 21.1. The number of aryl methyl sites for hydroxylation is 1. The van der Waals surface area contributed by atoms with Crippen LogP contribution in [0.25, 0.3) is 10.8 Å². The maximum Gasteiger partial charge on any atom is 0.296 e. The molecule has 5 rings (SSSR count). The van der Waals surface area contributed by atoms with Gasteiger partial charge in [-0.3, -0.25) is 13.7 Å². The summed E-state index contributed by atoms with van der Waals surface area (Å²) < 4.78 is 128. The monoisotopic (exact) mass is 839 g/mol. The van der Waals surface area contributed by atoms with E-state index in [1.165, 1.54) is 42.2 Å². The molecule has 1 aromatic heterocycles. The Morgan fingerprint density at radius 1 is 0.833 bits per heavy atom. The Kier molecular flexibility index (Phi) is 10.8. The molecule has 54 heavy (non-hydrogen) atoms. The van der Waals surface area contributed by atoms with Gasteiger partial charge in [-0.2, -0.15) is 40.2 Å². The number of nitrogens with one attached hydrogen (secondary N) is 1. The van der Waals surface area contributed by atoms with E-state index in [-0.39, 0.29) is 17.4 Å². The maximum atomic E-state index is 12.5. The Labute approximate surface area is 312 Å². The Morgan fingerprint density at radius 2 is 1.52 bits per heavy atom. The van der Waals surface area contributed by atoms with Crippen molar-refractivity contribution in [1.82, 2.24) is 15.0 Å². The van der Waals surface area contributed by atoms with Gasteiger partial charge in [-0.15, -0.1) is 10.2 Å². The number of anilines is 4. The van der Waals surface area contributed by atoms with Gasteiger partial charge in [0.25, 0.3) is 30.4 Å². The predicted octanol–water partition coefficient (Wildman–Crippen LogP) is 5.67. The van der Waals surface area contributed by atoms with Crippen LogP contribution in [0.2, 0.25) is 5.28 Å². The topological polar surface area (TPSA) is 296 Å². The van der Waals surface area contributed by atoms with Crippen LogP contribution in [0.1, 0.15) is 12.5 Å². The summed E-state index contributed by atoms with van der Waals surface area (Å²) in [6, 6.07) is 11.4. The lowest BCUT2D eigenvalue weighted by molar-refractivity contribution is 0.472. The lowest BCUT2D eigenvalue weighted by atomic mass is 10.1. The zero-order valence-corrected chi connectivity index (χ0v) is 31.5. The number of aromatic nitrogens is 3. The summed E-state index contributed by atoms with van der Waals surface area (Å²) >= 11 is 6.23. The van der Waals surface area contributed by atoms with Gasteiger partial charge in [-0.25, -0.2) is 8.42 Å². The fraction of sp³-hybridized carbons (Fsp3) is 0.100. The molecule has 0 unspecified atom stereocenters. The lowest BCUT2D eigenvalue weighted by Crippen LogP contribution is -2.20. The molecular weight excluding hydrogens is 814 g/mol. The molecule has 0 aliphatic rings. The van der Waals surface area contributed by atoms with Crippen molar-refractivity contribution in [2.75, 3.05) is 16.8 Å². The van der Waals surface area contributed by atoms with Crippen LogP contribution in [0.5, 0.6) is 5.75 Å². The molecule has 284 valence electrons. The van der Waals surface area contributed by atoms with Crippen molar-refractivity contribution in [3.05, 3.63) is 83.5 Å². The van der Waals surface area contributed by atoms with Crippen LogP contribution >= 0.6 is 11.6 Å². The van der Waals surface area contributed by atoms with Gasteiger partial charge in [0.1, 0.15) is 21.2 Å². The molecule has 19 nitrogen and oxygen atoms in total. The van der Waals surface area contributed by atoms with Crippen LogP contribution in [-0.2, 0) is 40.2 Å². The molecule has 0 saturated carbocycles. The molecule has 4 aromatic carbocycles. The van der Waals surface area contributed by atoms with E-state index >= 15 is 0 Å². The van der Waals surface area contributed by atoms with Crippen molar-refractivity contribution >= 4 is 97.2 Å². The summed E-state index contributed by atoms with van der Waals surface area (Å²) in [7, 11) is -19.1. The molecule has 24 heteroatoms. The standard InChI is InChI=1S/C30H26ClN7O12S4/c1-4-38(18-7-6-8-19(14-18)51(40,41)5-2)30-34-28(31)33-29(35-30)32-22-15-20(52(42,43)44)12-17-13-24(54(48,49)50)26(27(39)25(17)22)37-36-21-11-16(3)9-10-23(21)53(45,46)47/h5-15,39H,2,4H2,1,3H3,(H,42,43,44)(H,45,46,47)(H,48,49,50)(H,32,33,34,35). The van der Waals surface area contributed by atoms with Crippen LogP contribution in [0.3, 0.4) is 0 Å². The van der Waals surface area contributed by atoms with E-state index in [9.17, 15) is 52.4 Å². The maximum absolute atomic E-state index is 12.5. The number of sulfone groups is 1. The van der Waals surface area contributed by atoms with E-state index < -0.39 is 99.7 Å². The average Bonchev–Trinajstić information content (AvgIpc) is 3.06. The molecule has 0 spiro atoms. The van der Waals surface area contributed by atoms with Crippen LogP contribution in [-0.4, -0.2) is 73.9 Å². The number of fused-ring (bicyclic) bond motifs is 1. The zero-order valence-electron chi connectivity index (χ0n) is 27.5. The minimum Gasteiger partial charge on any atom is -0.505 e. The quantitative estimate of drug-likeness (QED) is 0.0747. The number of benzene rings is 4. The van der Waals surface area contributed by atoms with Gasteiger partial charge in [-0.1, -0.05) is 18.7 Å². The van der Waals surface area contributed by atoms with Gasteiger partial charge in [0.05, 0.1) is 15.5 Å². The van der Waals surface area contributed by atoms with Gasteiger partial charge >= 0.3 is 0 Å². The summed E-state index contributed by atoms with van der Waals surface area (Å²) in [4.78, 5) is 11.0. The first kappa shape index (κ1) is 40.1. The molecule has 5 aromatic rings. The number of azo groups is 1. The minimum absolute atomic E-state index is 0.0928. The van der Waals surface area contributed by atoms with Crippen molar-refractivity contribution in [1.29, 1.82) is 0 Å². The van der Waals surface area contributed by atoms with Crippen LogP contribution < -0.4 is 10.2 Å². The molecule has 0 aliphatic carbocycles. The minimum atomic E-state index is -5.30. The summed E-state index contributed by atoms with van der Waals surface area (Å²) in [5.74, 6) is -1.63. The third-order valence-electron chi connectivity index (χ3n) is 7.43. The zero-order chi connectivity index (χ0) is 40.0.